The first-order valence-corrected chi connectivity index (χ1v) is 8.17. The Labute approximate surface area is 121 Å². The summed E-state index contributed by atoms with van der Waals surface area (Å²) in [4.78, 5) is -0.159. The molecule has 1 rings (SSSR count). The molecule has 0 bridgehead atoms. The SMILES string of the molecule is CCC(CC)(CO)NS(=O)(=O)c1ccc(Br)c(F)c1. The van der Waals surface area contributed by atoms with E-state index in [1.54, 1.807) is 13.8 Å². The molecular weight excluding hydrogens is 337 g/mol. The Morgan fingerprint density at radius 1 is 1.37 bits per heavy atom. The number of nitrogens with one attached hydrogen (secondary N) is 1. The van der Waals surface area contributed by atoms with Gasteiger partial charge in [0.25, 0.3) is 0 Å². The highest BCUT2D eigenvalue weighted by atomic mass is 79.9. The number of sulfonamides is 1. The average Bonchev–Trinajstić information content (AvgIpc) is 2.39. The summed E-state index contributed by atoms with van der Waals surface area (Å²) in [6.07, 6.45) is 0.885. The first-order valence-electron chi connectivity index (χ1n) is 5.90. The zero-order chi connectivity index (χ0) is 14.7. The van der Waals surface area contributed by atoms with Gasteiger partial charge in [0.1, 0.15) is 5.82 Å². The maximum Gasteiger partial charge on any atom is 0.241 e. The normalized spacial score (nSPS) is 12.7. The summed E-state index contributed by atoms with van der Waals surface area (Å²) in [5.41, 5.74) is -0.914. The lowest BCUT2D eigenvalue weighted by molar-refractivity contribution is 0.172. The number of hydrogen-bond donors (Lipinski definition) is 2. The Balaban J connectivity index is 3.14. The molecule has 0 saturated heterocycles. The standard InChI is InChI=1S/C12H17BrFNO3S/c1-3-12(4-2,8-16)15-19(17,18)9-5-6-10(13)11(14)7-9/h5-7,15-16H,3-4,8H2,1-2H3. The molecule has 0 heterocycles. The van der Waals surface area contributed by atoms with Gasteiger partial charge in [0.15, 0.2) is 0 Å². The third-order valence-corrected chi connectivity index (χ3v) is 5.43. The molecule has 0 spiro atoms. The van der Waals surface area contributed by atoms with E-state index in [0.717, 1.165) is 6.07 Å². The van der Waals surface area contributed by atoms with Crippen LogP contribution in [0.1, 0.15) is 26.7 Å². The van der Waals surface area contributed by atoms with Gasteiger partial charge in [0.05, 0.1) is 21.5 Å². The summed E-state index contributed by atoms with van der Waals surface area (Å²) >= 11 is 2.97. The van der Waals surface area contributed by atoms with Crippen molar-refractivity contribution in [2.24, 2.45) is 0 Å². The van der Waals surface area contributed by atoms with Crippen molar-refractivity contribution in [2.45, 2.75) is 37.1 Å². The second kappa shape index (κ2) is 6.30. The second-order valence-electron chi connectivity index (χ2n) is 4.33. The van der Waals surface area contributed by atoms with E-state index in [1.165, 1.54) is 12.1 Å². The summed E-state index contributed by atoms with van der Waals surface area (Å²) in [7, 11) is -3.86. The number of rotatable bonds is 6. The fourth-order valence-corrected chi connectivity index (χ4v) is 3.43. The van der Waals surface area contributed by atoms with E-state index in [0.29, 0.717) is 12.8 Å². The lowest BCUT2D eigenvalue weighted by Crippen LogP contribution is -2.50. The molecule has 0 aliphatic heterocycles. The van der Waals surface area contributed by atoms with Crippen LogP contribution in [-0.2, 0) is 10.0 Å². The van der Waals surface area contributed by atoms with Gasteiger partial charge in [-0.1, -0.05) is 13.8 Å². The molecule has 7 heteroatoms. The highest BCUT2D eigenvalue weighted by Crippen LogP contribution is 2.22. The summed E-state index contributed by atoms with van der Waals surface area (Å²) < 4.78 is 40.4. The molecule has 0 saturated carbocycles. The largest absolute Gasteiger partial charge is 0.394 e. The predicted molar refractivity (Wildman–Crippen MR) is 74.8 cm³/mol. The van der Waals surface area contributed by atoms with Crippen LogP contribution in [0.15, 0.2) is 27.6 Å². The van der Waals surface area contributed by atoms with E-state index in [-0.39, 0.29) is 16.0 Å². The van der Waals surface area contributed by atoms with E-state index in [4.69, 9.17) is 0 Å². The van der Waals surface area contributed by atoms with E-state index in [2.05, 4.69) is 20.7 Å². The highest BCUT2D eigenvalue weighted by molar-refractivity contribution is 9.10. The van der Waals surface area contributed by atoms with Crippen molar-refractivity contribution in [1.82, 2.24) is 4.72 Å². The average molecular weight is 354 g/mol. The van der Waals surface area contributed by atoms with E-state index in [9.17, 15) is 17.9 Å². The molecular formula is C12H17BrFNO3S. The number of benzene rings is 1. The Hall–Kier alpha value is -0.500. The van der Waals surface area contributed by atoms with Gasteiger partial charge in [-0.05, 0) is 47.0 Å². The summed E-state index contributed by atoms with van der Waals surface area (Å²) in [6, 6.07) is 3.59. The molecule has 0 aliphatic carbocycles. The lowest BCUT2D eigenvalue weighted by Gasteiger charge is -2.30. The zero-order valence-electron chi connectivity index (χ0n) is 10.8. The summed E-state index contributed by atoms with van der Waals surface area (Å²) in [5.74, 6) is -0.648. The van der Waals surface area contributed by atoms with Crippen molar-refractivity contribution in [1.29, 1.82) is 0 Å². The van der Waals surface area contributed by atoms with E-state index >= 15 is 0 Å². The van der Waals surface area contributed by atoms with Crippen molar-refractivity contribution < 1.29 is 17.9 Å². The zero-order valence-corrected chi connectivity index (χ0v) is 13.2. The van der Waals surface area contributed by atoms with Gasteiger partial charge < -0.3 is 5.11 Å². The van der Waals surface area contributed by atoms with Gasteiger partial charge in [0.2, 0.25) is 10.0 Å². The van der Waals surface area contributed by atoms with Gasteiger partial charge in [0, 0.05) is 0 Å². The lowest BCUT2D eigenvalue weighted by atomic mass is 9.96. The van der Waals surface area contributed by atoms with Crippen molar-refractivity contribution in [3.63, 3.8) is 0 Å². The molecule has 0 aliphatic rings. The second-order valence-corrected chi connectivity index (χ2v) is 6.86. The Morgan fingerprint density at radius 2 is 1.95 bits per heavy atom. The Morgan fingerprint density at radius 3 is 2.37 bits per heavy atom. The van der Waals surface area contributed by atoms with Crippen LogP contribution in [0.2, 0.25) is 0 Å². The quantitative estimate of drug-likeness (QED) is 0.825. The number of aliphatic hydroxyl groups excluding tert-OH is 1. The molecule has 0 unspecified atom stereocenters. The minimum atomic E-state index is -3.86. The van der Waals surface area contributed by atoms with Crippen LogP contribution in [0.5, 0.6) is 0 Å². The van der Waals surface area contributed by atoms with Crippen LogP contribution in [0, 0.1) is 5.82 Å². The van der Waals surface area contributed by atoms with Crippen LogP contribution in [0.25, 0.3) is 0 Å². The fraction of sp³-hybridized carbons (Fsp3) is 0.500. The molecule has 1 aromatic carbocycles. The first kappa shape index (κ1) is 16.6. The molecule has 0 atom stereocenters. The van der Waals surface area contributed by atoms with Crippen molar-refractivity contribution >= 4 is 26.0 Å². The van der Waals surface area contributed by atoms with E-state index < -0.39 is 21.4 Å². The molecule has 2 N–H and O–H groups in total. The minimum Gasteiger partial charge on any atom is -0.394 e. The fourth-order valence-electron chi connectivity index (χ4n) is 1.64. The molecule has 0 radical (unpaired) electrons. The summed E-state index contributed by atoms with van der Waals surface area (Å²) in [5, 5.41) is 9.38. The first-order chi connectivity index (χ1) is 8.80. The van der Waals surface area contributed by atoms with Crippen LogP contribution >= 0.6 is 15.9 Å². The molecule has 1 aromatic rings. The van der Waals surface area contributed by atoms with Gasteiger partial charge in [-0.3, -0.25) is 0 Å². The molecule has 4 nitrogen and oxygen atoms in total. The topological polar surface area (TPSA) is 66.4 Å². The van der Waals surface area contributed by atoms with Crippen LogP contribution in [-0.4, -0.2) is 25.7 Å². The molecule has 108 valence electrons. The monoisotopic (exact) mass is 353 g/mol. The van der Waals surface area contributed by atoms with E-state index in [1.807, 2.05) is 0 Å². The smallest absolute Gasteiger partial charge is 0.241 e. The third-order valence-electron chi connectivity index (χ3n) is 3.21. The maximum atomic E-state index is 13.4. The van der Waals surface area contributed by atoms with Crippen molar-refractivity contribution in [3.05, 3.63) is 28.5 Å². The van der Waals surface area contributed by atoms with Crippen molar-refractivity contribution in [3.8, 4) is 0 Å². The van der Waals surface area contributed by atoms with Crippen LogP contribution in [0.4, 0.5) is 4.39 Å². The Bertz CT molecular complexity index is 536. The molecule has 0 aromatic heterocycles. The highest BCUT2D eigenvalue weighted by Gasteiger charge is 2.31. The van der Waals surface area contributed by atoms with Crippen LogP contribution in [0.3, 0.4) is 0 Å². The number of halogens is 2. The van der Waals surface area contributed by atoms with Gasteiger partial charge in [-0.15, -0.1) is 0 Å². The minimum absolute atomic E-state index is 0.159. The van der Waals surface area contributed by atoms with Gasteiger partial charge in [-0.2, -0.15) is 0 Å². The summed E-state index contributed by atoms with van der Waals surface area (Å²) in [6.45, 7) is 3.26. The number of aliphatic hydroxyl groups is 1. The van der Waals surface area contributed by atoms with Gasteiger partial charge >= 0.3 is 0 Å². The van der Waals surface area contributed by atoms with Crippen molar-refractivity contribution in [2.75, 3.05) is 6.61 Å². The molecule has 0 amide bonds. The number of hydrogen-bond acceptors (Lipinski definition) is 3. The molecule has 0 fully saturated rings. The van der Waals surface area contributed by atoms with Crippen LogP contribution < -0.4 is 4.72 Å². The third kappa shape index (κ3) is 3.75. The van der Waals surface area contributed by atoms with Gasteiger partial charge in [-0.25, -0.2) is 17.5 Å². The predicted octanol–water partition coefficient (Wildman–Crippen LogP) is 2.42. The molecule has 19 heavy (non-hydrogen) atoms. The Kier molecular flexibility index (Phi) is 5.49. The maximum absolute atomic E-state index is 13.4.